The first-order valence-corrected chi connectivity index (χ1v) is 12.7. The molecule has 2 heterocycles. The maximum atomic E-state index is 12.0. The summed E-state index contributed by atoms with van der Waals surface area (Å²) in [5, 5.41) is 12.3. The molecule has 3 amide bonds. The molecule has 0 radical (unpaired) electrons. The summed E-state index contributed by atoms with van der Waals surface area (Å²) < 4.78 is 50.3. The van der Waals surface area contributed by atoms with Crippen LogP contribution in [0.2, 0.25) is 0 Å². The number of carbonyl (C=O) groups excluding carboxylic acids is 2. The van der Waals surface area contributed by atoms with Crippen LogP contribution in [0.5, 0.6) is 0 Å². The van der Waals surface area contributed by atoms with Crippen molar-refractivity contribution in [3.8, 4) is 0 Å². The van der Waals surface area contributed by atoms with E-state index in [0.717, 1.165) is 4.90 Å². The minimum atomic E-state index is -5.80. The van der Waals surface area contributed by atoms with Crippen molar-refractivity contribution in [2.75, 3.05) is 13.2 Å². The lowest BCUT2D eigenvalue weighted by atomic mass is 10.00. The average molecular weight is 518 g/mol. The molecule has 174 valence electrons. The van der Waals surface area contributed by atoms with Crippen molar-refractivity contribution < 1.29 is 65.8 Å². The Morgan fingerprint density at radius 3 is 2.40 bits per heavy atom. The van der Waals surface area contributed by atoms with E-state index in [1.807, 2.05) is 5.32 Å². The first-order chi connectivity index (χ1) is 13.4. The molecule has 0 aliphatic carbocycles. The smallest absolute Gasteiger partial charge is 0.487 e. The van der Waals surface area contributed by atoms with Crippen molar-refractivity contribution in [2.24, 2.45) is 0 Å². The predicted molar refractivity (Wildman–Crippen MR) is 91.4 cm³/mol. The Morgan fingerprint density at radius 2 is 1.87 bits per heavy atom. The van der Waals surface area contributed by atoms with Crippen LogP contribution in [0.15, 0.2) is 0 Å². The van der Waals surface area contributed by atoms with Crippen molar-refractivity contribution in [3.63, 3.8) is 0 Å². The fourth-order valence-corrected chi connectivity index (χ4v) is 5.97. The molecule has 2 fully saturated rings. The molecule has 2 aliphatic heterocycles. The Labute approximate surface area is 173 Å². The number of aliphatic hydroxyl groups excluding tert-OH is 1. The van der Waals surface area contributed by atoms with Crippen LogP contribution < -0.4 is 10.2 Å². The third-order valence-electron chi connectivity index (χ3n) is 3.90. The van der Waals surface area contributed by atoms with Gasteiger partial charge in [0.15, 0.2) is 6.23 Å². The average Bonchev–Trinajstić information content (AvgIpc) is 2.73. The lowest BCUT2D eigenvalue weighted by molar-refractivity contribution is -0.212. The Balaban J connectivity index is 2.04. The fourth-order valence-electron chi connectivity index (χ4n) is 2.66. The first-order valence-electron chi connectivity index (χ1n) is 7.83. The largest absolute Gasteiger partial charge is 0.756 e. The van der Waals surface area contributed by atoms with E-state index in [2.05, 4.69) is 13.1 Å². The zero-order valence-corrected chi connectivity index (χ0v) is 18.3. The molecule has 16 nitrogen and oxygen atoms in total. The Hall–Kier alpha value is -0.440. The predicted octanol–water partition coefficient (Wildman–Crippen LogP) is -1.28. The molecule has 30 heavy (non-hydrogen) atoms. The third-order valence-corrected chi connectivity index (χ3v) is 8.09. The number of hydrogen-bond donors (Lipinski definition) is 5. The lowest BCUT2D eigenvalue weighted by Gasteiger charge is -2.36. The number of imide groups is 1. The minimum Gasteiger partial charge on any atom is -0.756 e. The van der Waals surface area contributed by atoms with Crippen LogP contribution in [0.25, 0.3) is 0 Å². The molecule has 7 atom stereocenters. The van der Waals surface area contributed by atoms with Crippen LogP contribution in [0, 0.1) is 0 Å². The third kappa shape index (κ3) is 6.53. The van der Waals surface area contributed by atoms with E-state index < -0.39 is 65.3 Å². The fraction of sp³-hybridized carbons (Fsp3) is 0.800. The number of urea groups is 1. The van der Waals surface area contributed by atoms with Crippen LogP contribution in [0.4, 0.5) is 4.79 Å². The molecular formula is C10H17ClN2O14P3-. The molecule has 20 heteroatoms. The maximum absolute atomic E-state index is 12.0. The summed E-state index contributed by atoms with van der Waals surface area (Å²) in [5.41, 5.74) is 0. The van der Waals surface area contributed by atoms with Gasteiger partial charge >= 0.3 is 21.7 Å². The number of nitrogens with zero attached hydrogens (tertiary/aromatic N) is 1. The molecule has 0 saturated carbocycles. The standard InChI is InChI=1S/C10H18ClN2O14P3/c1-10(11)7(15)5(25-8(10)13-3-2-6(14)12-9(13)16)4-24-29(20,21)27-30(22,23)26-28(17,18)19/h5,7-8,15H,2-4H2,1H3,(H,20,21)(H,22,23)(H,12,14,16)(H2,17,18,19)/p-1/t5-,7-,8-,10-/m1/s1. The van der Waals surface area contributed by atoms with Gasteiger partial charge in [0, 0.05) is 13.0 Å². The minimum absolute atomic E-state index is 0.0737. The summed E-state index contributed by atoms with van der Waals surface area (Å²) in [4.78, 5) is 59.9. The molecule has 0 aromatic rings. The first kappa shape index (κ1) is 25.8. The number of ether oxygens (including phenoxy) is 1. The number of aliphatic hydroxyl groups is 1. The van der Waals surface area contributed by atoms with E-state index in [1.165, 1.54) is 6.92 Å². The molecule has 5 N–H and O–H groups in total. The number of phosphoric acid groups is 3. The number of hydrogen-bond acceptors (Lipinski definition) is 11. The highest BCUT2D eigenvalue weighted by Gasteiger charge is 2.56. The second kappa shape index (κ2) is 8.83. The molecule has 0 aromatic carbocycles. The number of carbonyl (C=O) groups is 2. The second-order valence-corrected chi connectivity index (χ2v) is 11.5. The van der Waals surface area contributed by atoms with Gasteiger partial charge in [0.1, 0.15) is 17.1 Å². The van der Waals surface area contributed by atoms with Crippen molar-refractivity contribution >= 4 is 47.0 Å². The molecule has 2 rings (SSSR count). The SMILES string of the molecule is C[C@@]1(Cl)[C@H](O)[C@@H](COP(=O)(O)OP(=O)(O)OP(=O)([O-])O)O[C@H]1N1CCC(=O)NC1=O. The topological polar surface area (TPSA) is 242 Å². The summed E-state index contributed by atoms with van der Waals surface area (Å²) >= 11 is 6.24. The second-order valence-electron chi connectivity index (χ2n) is 6.28. The van der Waals surface area contributed by atoms with Crippen molar-refractivity contribution in [1.29, 1.82) is 0 Å². The van der Waals surface area contributed by atoms with Crippen LogP contribution in [0.1, 0.15) is 13.3 Å². The van der Waals surface area contributed by atoms with E-state index in [-0.39, 0.29) is 13.0 Å². The highest BCUT2D eigenvalue weighted by atomic mass is 35.5. The van der Waals surface area contributed by atoms with Gasteiger partial charge in [-0.05, 0) is 6.92 Å². The zero-order chi connectivity index (χ0) is 23.1. The number of amides is 3. The molecule has 0 aromatic heterocycles. The van der Waals surface area contributed by atoms with Gasteiger partial charge < -0.3 is 29.4 Å². The zero-order valence-electron chi connectivity index (χ0n) is 14.9. The number of rotatable bonds is 8. The van der Waals surface area contributed by atoms with E-state index in [9.17, 15) is 38.2 Å². The molecule has 2 saturated heterocycles. The Morgan fingerprint density at radius 1 is 1.27 bits per heavy atom. The molecular weight excluding hydrogens is 500 g/mol. The highest BCUT2D eigenvalue weighted by molar-refractivity contribution is 7.66. The summed E-state index contributed by atoms with van der Waals surface area (Å²) in [7, 11) is -17.0. The molecule has 3 unspecified atom stereocenters. The van der Waals surface area contributed by atoms with Gasteiger partial charge in [-0.25, -0.2) is 18.2 Å². The van der Waals surface area contributed by atoms with Gasteiger partial charge in [-0.3, -0.25) is 24.1 Å². The van der Waals surface area contributed by atoms with E-state index in [1.54, 1.807) is 0 Å². The van der Waals surface area contributed by atoms with Crippen LogP contribution in [0.3, 0.4) is 0 Å². The van der Waals surface area contributed by atoms with Crippen LogP contribution in [-0.2, 0) is 36.4 Å². The van der Waals surface area contributed by atoms with Crippen LogP contribution in [-0.4, -0.2) is 73.1 Å². The van der Waals surface area contributed by atoms with Gasteiger partial charge in [0.05, 0.1) is 6.61 Å². The summed E-state index contributed by atoms with van der Waals surface area (Å²) in [6, 6.07) is -0.850. The molecule has 0 spiro atoms. The van der Waals surface area contributed by atoms with Crippen molar-refractivity contribution in [2.45, 2.75) is 36.7 Å². The molecule has 2 aliphatic rings. The lowest BCUT2D eigenvalue weighted by Crippen LogP contribution is -2.58. The summed E-state index contributed by atoms with van der Waals surface area (Å²) in [6.07, 6.45) is -4.45. The van der Waals surface area contributed by atoms with Gasteiger partial charge in [-0.2, -0.15) is 4.31 Å². The van der Waals surface area contributed by atoms with Gasteiger partial charge in [0.2, 0.25) is 5.91 Å². The number of alkyl halides is 1. The number of halogens is 1. The van der Waals surface area contributed by atoms with Gasteiger partial charge in [-0.1, -0.05) is 0 Å². The maximum Gasteiger partial charge on any atom is 0.487 e. The van der Waals surface area contributed by atoms with Crippen molar-refractivity contribution in [1.82, 2.24) is 10.2 Å². The molecule has 0 bridgehead atoms. The Bertz CT molecular complexity index is 846. The highest BCUT2D eigenvalue weighted by Crippen LogP contribution is 2.65. The quantitative estimate of drug-likeness (QED) is 0.186. The van der Waals surface area contributed by atoms with E-state index in [0.29, 0.717) is 0 Å². The Kier molecular flexibility index (Phi) is 7.60. The summed E-state index contributed by atoms with van der Waals surface area (Å²) in [5.74, 6) is -0.537. The van der Waals surface area contributed by atoms with Gasteiger partial charge in [0.25, 0.3) is 7.82 Å². The monoisotopic (exact) mass is 517 g/mol. The van der Waals surface area contributed by atoms with Crippen molar-refractivity contribution in [3.05, 3.63) is 0 Å². The van der Waals surface area contributed by atoms with Crippen LogP contribution >= 0.6 is 35.1 Å². The normalized spacial score (nSPS) is 36.0. The summed E-state index contributed by atoms with van der Waals surface area (Å²) in [6.45, 7) is 0.211. The van der Waals surface area contributed by atoms with Gasteiger partial charge in [-0.15, -0.1) is 11.6 Å². The number of nitrogens with one attached hydrogen (secondary N) is 1. The van der Waals surface area contributed by atoms with E-state index >= 15 is 0 Å². The van der Waals surface area contributed by atoms with E-state index in [4.69, 9.17) is 26.1 Å². The number of phosphoric ester groups is 1.